The van der Waals surface area contributed by atoms with Crippen LogP contribution in [-0.4, -0.2) is 54.0 Å². The number of benzene rings is 2. The van der Waals surface area contributed by atoms with Gasteiger partial charge in [-0.25, -0.2) is 4.98 Å². The summed E-state index contributed by atoms with van der Waals surface area (Å²) in [5.41, 5.74) is -1.88. The van der Waals surface area contributed by atoms with Crippen LogP contribution in [0.1, 0.15) is 11.1 Å². The maximum Gasteiger partial charge on any atom is 0.421 e. The summed E-state index contributed by atoms with van der Waals surface area (Å²) >= 11 is 0. The topological polar surface area (TPSA) is 85.4 Å². The molecule has 1 amide bonds. The van der Waals surface area contributed by atoms with E-state index in [1.165, 1.54) is 36.4 Å². The minimum atomic E-state index is -4.86. The van der Waals surface area contributed by atoms with Crippen LogP contribution in [0.2, 0.25) is 0 Å². The lowest BCUT2D eigenvalue weighted by Gasteiger charge is -2.34. The number of carbonyl (C=O) groups is 1. The third kappa shape index (κ3) is 7.00. The predicted molar refractivity (Wildman–Crippen MR) is 140 cm³/mol. The summed E-state index contributed by atoms with van der Waals surface area (Å²) < 4.78 is 83.1. The molecule has 0 aliphatic carbocycles. The average Bonchev–Trinajstić information content (AvgIpc) is 2.88. The Morgan fingerprint density at radius 1 is 0.925 bits per heavy atom. The Morgan fingerprint density at radius 3 is 2.25 bits per heavy atom. The van der Waals surface area contributed by atoms with Crippen molar-refractivity contribution < 1.29 is 31.1 Å². The van der Waals surface area contributed by atoms with Crippen molar-refractivity contribution in [3.05, 3.63) is 72.4 Å². The second-order valence-electron chi connectivity index (χ2n) is 9.00. The maximum absolute atomic E-state index is 14.0. The molecule has 2 aromatic carbocycles. The summed E-state index contributed by atoms with van der Waals surface area (Å²) in [6, 6.07) is 9.49. The molecule has 0 radical (unpaired) electrons. The Kier molecular flexibility index (Phi) is 8.18. The zero-order valence-electron chi connectivity index (χ0n) is 21.2. The van der Waals surface area contributed by atoms with Crippen LogP contribution in [-0.2, 0) is 17.1 Å². The first-order valence-corrected chi connectivity index (χ1v) is 12.0. The van der Waals surface area contributed by atoms with E-state index in [1.54, 1.807) is 0 Å². The number of aromatic nitrogens is 2. The van der Waals surface area contributed by atoms with Gasteiger partial charge < -0.3 is 25.8 Å². The molecule has 0 atom stereocenters. The van der Waals surface area contributed by atoms with Crippen molar-refractivity contribution in [2.45, 2.75) is 12.4 Å². The summed E-state index contributed by atoms with van der Waals surface area (Å²) in [6.45, 7) is 5.82. The highest BCUT2D eigenvalue weighted by Crippen LogP contribution is 2.39. The lowest BCUT2D eigenvalue weighted by molar-refractivity contribution is -0.137. The molecule has 14 heteroatoms. The van der Waals surface area contributed by atoms with Gasteiger partial charge in [0, 0.05) is 49.4 Å². The van der Waals surface area contributed by atoms with Gasteiger partial charge in [-0.3, -0.25) is 4.79 Å². The van der Waals surface area contributed by atoms with E-state index in [4.69, 9.17) is 0 Å². The van der Waals surface area contributed by atoms with Crippen LogP contribution in [0.5, 0.6) is 0 Å². The molecular formula is C26H25F6N7O. The van der Waals surface area contributed by atoms with Crippen LogP contribution in [0.3, 0.4) is 0 Å². The predicted octanol–water partition coefficient (Wildman–Crippen LogP) is 5.88. The van der Waals surface area contributed by atoms with E-state index in [0.29, 0.717) is 38.1 Å². The minimum absolute atomic E-state index is 0.129. The van der Waals surface area contributed by atoms with Crippen LogP contribution in [0.15, 0.2) is 61.3 Å². The van der Waals surface area contributed by atoms with Crippen molar-refractivity contribution in [1.82, 2.24) is 14.9 Å². The molecule has 0 bridgehead atoms. The largest absolute Gasteiger partial charge is 0.421 e. The molecule has 1 saturated heterocycles. The van der Waals surface area contributed by atoms with Crippen molar-refractivity contribution in [1.29, 1.82) is 0 Å². The van der Waals surface area contributed by atoms with Crippen LogP contribution in [0, 0.1) is 0 Å². The molecule has 3 N–H and O–H groups in total. The number of likely N-dealkylation sites (N-methyl/N-ethyl adjacent to an activating group) is 1. The van der Waals surface area contributed by atoms with Gasteiger partial charge in [0.15, 0.2) is 0 Å². The lowest BCUT2D eigenvalue weighted by atomic mass is 10.1. The average molecular weight is 566 g/mol. The number of nitrogens with one attached hydrogen (secondary N) is 3. The number of amides is 1. The van der Waals surface area contributed by atoms with E-state index in [1.807, 2.05) is 11.9 Å². The van der Waals surface area contributed by atoms with Gasteiger partial charge in [-0.15, -0.1) is 0 Å². The van der Waals surface area contributed by atoms with E-state index >= 15 is 0 Å². The van der Waals surface area contributed by atoms with Crippen LogP contribution in [0.4, 0.5) is 60.9 Å². The number of nitrogens with zero attached hydrogens (tertiary/aromatic N) is 4. The fourth-order valence-electron chi connectivity index (χ4n) is 4.01. The first-order valence-electron chi connectivity index (χ1n) is 12.0. The molecule has 1 fully saturated rings. The first kappa shape index (κ1) is 28.7. The Bertz CT molecular complexity index is 1380. The van der Waals surface area contributed by atoms with Crippen molar-refractivity contribution in [3.63, 3.8) is 0 Å². The Balaban J connectivity index is 1.65. The quantitative estimate of drug-likeness (QED) is 0.244. The van der Waals surface area contributed by atoms with E-state index in [0.717, 1.165) is 12.1 Å². The Labute approximate surface area is 225 Å². The van der Waals surface area contributed by atoms with Crippen LogP contribution >= 0.6 is 0 Å². The van der Waals surface area contributed by atoms with E-state index < -0.39 is 46.8 Å². The molecule has 4 rings (SSSR count). The number of carbonyl (C=O) groups excluding carboxylic acids is 1. The first-order chi connectivity index (χ1) is 18.8. The summed E-state index contributed by atoms with van der Waals surface area (Å²) in [5.74, 6) is -1.70. The number of piperazine rings is 1. The molecule has 0 unspecified atom stereocenters. The molecule has 40 heavy (non-hydrogen) atoms. The molecule has 0 spiro atoms. The number of anilines is 6. The van der Waals surface area contributed by atoms with Gasteiger partial charge in [0.1, 0.15) is 11.4 Å². The molecular weight excluding hydrogens is 540 g/mol. The third-order valence-electron chi connectivity index (χ3n) is 6.10. The van der Waals surface area contributed by atoms with Gasteiger partial charge in [-0.1, -0.05) is 12.6 Å². The molecule has 1 aliphatic rings. The number of rotatable bonds is 7. The lowest BCUT2D eigenvalue weighted by Crippen LogP contribution is -2.44. The molecule has 212 valence electrons. The number of halogens is 6. The van der Waals surface area contributed by atoms with Crippen LogP contribution in [0.25, 0.3) is 0 Å². The van der Waals surface area contributed by atoms with Crippen molar-refractivity contribution >= 4 is 40.4 Å². The highest BCUT2D eigenvalue weighted by molar-refractivity contribution is 5.99. The van der Waals surface area contributed by atoms with E-state index in [9.17, 15) is 31.1 Å². The number of alkyl halides is 6. The summed E-state index contributed by atoms with van der Waals surface area (Å²) in [4.78, 5) is 22.9. The van der Waals surface area contributed by atoms with Gasteiger partial charge in [0.2, 0.25) is 11.9 Å². The zero-order chi connectivity index (χ0) is 29.1. The standard InChI is InChI=1S/C26H25F6N7O/c1-3-22(40)34-16-5-4-6-17(13-16)35-23-20(26(30,31)32)15-33-24(37-23)36-21-8-7-18(14-19(21)25(27,28)29)39-11-9-38(2)10-12-39/h3-8,13-15H,1,9-12H2,2H3,(H,34,40)(H2,33,35,36,37). The molecule has 2 heterocycles. The molecule has 0 saturated carbocycles. The van der Waals surface area contributed by atoms with Gasteiger partial charge in [-0.2, -0.15) is 31.3 Å². The normalized spacial score (nSPS) is 14.5. The SMILES string of the molecule is C=CC(=O)Nc1cccc(Nc2nc(Nc3ccc(N4CCN(C)CC4)cc3C(F)(F)F)ncc2C(F)(F)F)c1. The highest BCUT2D eigenvalue weighted by atomic mass is 19.4. The van der Waals surface area contributed by atoms with Gasteiger partial charge in [0.25, 0.3) is 0 Å². The maximum atomic E-state index is 14.0. The van der Waals surface area contributed by atoms with Gasteiger partial charge in [-0.05, 0) is 49.5 Å². The number of hydrogen-bond donors (Lipinski definition) is 3. The molecule has 1 aromatic heterocycles. The third-order valence-corrected chi connectivity index (χ3v) is 6.10. The van der Waals surface area contributed by atoms with E-state index in [-0.39, 0.29) is 11.4 Å². The van der Waals surface area contributed by atoms with Gasteiger partial charge >= 0.3 is 12.4 Å². The summed E-state index contributed by atoms with van der Waals surface area (Å²) in [5, 5.41) is 7.42. The fourth-order valence-corrected chi connectivity index (χ4v) is 4.01. The van der Waals surface area contributed by atoms with Crippen molar-refractivity contribution in [2.75, 3.05) is 54.1 Å². The van der Waals surface area contributed by atoms with Crippen molar-refractivity contribution in [2.24, 2.45) is 0 Å². The van der Waals surface area contributed by atoms with Crippen LogP contribution < -0.4 is 20.9 Å². The summed E-state index contributed by atoms with van der Waals surface area (Å²) in [7, 11) is 1.93. The van der Waals surface area contributed by atoms with Gasteiger partial charge in [0.05, 0.1) is 11.3 Å². The molecule has 3 aromatic rings. The number of hydrogen-bond acceptors (Lipinski definition) is 7. The van der Waals surface area contributed by atoms with Crippen molar-refractivity contribution in [3.8, 4) is 0 Å². The Morgan fingerprint density at radius 2 is 1.60 bits per heavy atom. The summed E-state index contributed by atoms with van der Waals surface area (Å²) in [6.07, 6.45) is -8.12. The fraction of sp³-hybridized carbons (Fsp3) is 0.269. The molecule has 1 aliphatic heterocycles. The minimum Gasteiger partial charge on any atom is -0.369 e. The highest BCUT2D eigenvalue weighted by Gasteiger charge is 2.37. The second kappa shape index (κ2) is 11.4. The van der Waals surface area contributed by atoms with E-state index in [2.05, 4.69) is 37.4 Å². The molecule has 8 nitrogen and oxygen atoms in total. The zero-order valence-corrected chi connectivity index (χ0v) is 21.2. The second-order valence-corrected chi connectivity index (χ2v) is 9.00. The smallest absolute Gasteiger partial charge is 0.369 e. The Hall–Kier alpha value is -4.33. The monoisotopic (exact) mass is 565 g/mol.